The van der Waals surface area contributed by atoms with E-state index < -0.39 is 18.0 Å². The van der Waals surface area contributed by atoms with Gasteiger partial charge in [0.05, 0.1) is 19.2 Å². The number of para-hydroxylation sites is 1. The molecule has 4 amide bonds. The van der Waals surface area contributed by atoms with Gasteiger partial charge in [0.1, 0.15) is 11.8 Å². The smallest absolute Gasteiger partial charge is 0.332 e. The number of imide groups is 1. The lowest BCUT2D eigenvalue weighted by atomic mass is 10.1. The third kappa shape index (κ3) is 4.99. The van der Waals surface area contributed by atoms with Gasteiger partial charge in [0, 0.05) is 17.3 Å². The summed E-state index contributed by atoms with van der Waals surface area (Å²) < 4.78 is 5.27. The van der Waals surface area contributed by atoms with Gasteiger partial charge < -0.3 is 15.0 Å². The highest BCUT2D eigenvalue weighted by atomic mass is 35.5. The van der Waals surface area contributed by atoms with Crippen LogP contribution in [0.15, 0.2) is 78.9 Å². The van der Waals surface area contributed by atoms with Crippen molar-refractivity contribution in [1.82, 2.24) is 4.90 Å². The van der Waals surface area contributed by atoms with Crippen LogP contribution in [0.5, 0.6) is 5.75 Å². The van der Waals surface area contributed by atoms with E-state index in [0.29, 0.717) is 22.1 Å². The molecule has 0 bridgehead atoms. The molecule has 8 heteroatoms. The number of benzene rings is 3. The average Bonchev–Trinajstić information content (AvgIpc) is 3.04. The van der Waals surface area contributed by atoms with E-state index in [-0.39, 0.29) is 18.9 Å². The van der Waals surface area contributed by atoms with E-state index in [9.17, 15) is 14.4 Å². The summed E-state index contributed by atoms with van der Waals surface area (Å²) in [5.74, 6) is -0.187. The molecule has 168 valence electrons. The Kier molecular flexibility index (Phi) is 6.60. The van der Waals surface area contributed by atoms with E-state index in [1.54, 1.807) is 67.8 Å². The number of rotatable bonds is 7. The van der Waals surface area contributed by atoms with Crippen LogP contribution in [-0.2, 0) is 16.1 Å². The second-order valence-electron chi connectivity index (χ2n) is 7.55. The third-order valence-corrected chi connectivity index (χ3v) is 5.58. The number of nitrogens with zero attached hydrogens (tertiary/aromatic N) is 2. The Bertz CT molecular complexity index is 1170. The Morgan fingerprint density at radius 3 is 2.42 bits per heavy atom. The predicted octanol–water partition coefficient (Wildman–Crippen LogP) is 4.71. The molecule has 33 heavy (non-hydrogen) atoms. The molecule has 1 N–H and O–H groups in total. The first-order chi connectivity index (χ1) is 16.0. The highest BCUT2D eigenvalue weighted by molar-refractivity contribution is 6.30. The van der Waals surface area contributed by atoms with Crippen molar-refractivity contribution < 1.29 is 19.1 Å². The number of hydrogen-bond donors (Lipinski definition) is 1. The quantitative estimate of drug-likeness (QED) is 0.514. The van der Waals surface area contributed by atoms with Crippen LogP contribution in [0.1, 0.15) is 12.0 Å². The summed E-state index contributed by atoms with van der Waals surface area (Å²) in [6.45, 7) is 0.148. The predicted molar refractivity (Wildman–Crippen MR) is 126 cm³/mol. The van der Waals surface area contributed by atoms with Crippen LogP contribution in [0.2, 0.25) is 5.02 Å². The normalized spacial score (nSPS) is 15.6. The molecule has 1 heterocycles. The number of amides is 4. The summed E-state index contributed by atoms with van der Waals surface area (Å²) in [6.07, 6.45) is -0.173. The molecule has 1 saturated heterocycles. The minimum atomic E-state index is -0.955. The average molecular weight is 464 g/mol. The number of nitrogens with one attached hydrogen (secondary N) is 1. The topological polar surface area (TPSA) is 79.0 Å². The largest absolute Gasteiger partial charge is 0.497 e. The molecule has 3 aromatic rings. The van der Waals surface area contributed by atoms with Crippen molar-refractivity contribution in [3.8, 4) is 5.75 Å². The van der Waals surface area contributed by atoms with Gasteiger partial charge in [0.15, 0.2) is 0 Å². The maximum atomic E-state index is 13.3. The third-order valence-electron chi connectivity index (χ3n) is 5.33. The fraction of sp³-hybridized carbons (Fsp3) is 0.160. The molecule has 1 aliphatic rings. The van der Waals surface area contributed by atoms with E-state index in [4.69, 9.17) is 16.3 Å². The Balaban J connectivity index is 1.62. The zero-order valence-corrected chi connectivity index (χ0v) is 18.7. The molecule has 0 aliphatic carbocycles. The highest BCUT2D eigenvalue weighted by Gasteiger charge is 2.46. The first-order valence-electron chi connectivity index (χ1n) is 10.3. The molecule has 0 saturated carbocycles. The van der Waals surface area contributed by atoms with E-state index in [1.165, 1.54) is 4.90 Å². The summed E-state index contributed by atoms with van der Waals surface area (Å²) in [7, 11) is 1.56. The molecule has 0 radical (unpaired) electrons. The Morgan fingerprint density at radius 2 is 1.73 bits per heavy atom. The summed E-state index contributed by atoms with van der Waals surface area (Å²) in [5.41, 5.74) is 1.80. The molecular formula is C25H22ClN3O4. The van der Waals surface area contributed by atoms with Crippen LogP contribution in [0.25, 0.3) is 0 Å². The summed E-state index contributed by atoms with van der Waals surface area (Å²) >= 11 is 5.97. The lowest BCUT2D eigenvalue weighted by molar-refractivity contribution is -0.124. The first kappa shape index (κ1) is 22.4. The number of carbonyl (C=O) groups excluding carboxylic acids is 3. The number of hydrogen-bond acceptors (Lipinski definition) is 4. The molecule has 0 aromatic heterocycles. The summed E-state index contributed by atoms with van der Waals surface area (Å²) in [6, 6.07) is 21.2. The zero-order valence-electron chi connectivity index (χ0n) is 17.9. The maximum Gasteiger partial charge on any atom is 0.332 e. The van der Waals surface area contributed by atoms with E-state index in [2.05, 4.69) is 5.32 Å². The second kappa shape index (κ2) is 9.75. The van der Waals surface area contributed by atoms with Crippen LogP contribution in [-0.4, -0.2) is 35.9 Å². The SMILES string of the molecule is COc1cccc(CN2C(=O)N(c3ccc(Cl)cc3)C(=O)[C@@H]2CC(=O)Nc2ccccc2)c1. The summed E-state index contributed by atoms with van der Waals surface area (Å²) in [4.78, 5) is 41.9. The standard InChI is InChI=1S/C25H22ClN3O4/c1-33-21-9-5-6-17(14-21)16-28-22(15-23(30)27-19-7-3-2-4-8-19)24(31)29(25(28)32)20-12-10-18(26)11-13-20/h2-14,22H,15-16H2,1H3,(H,27,30)/t22-/m0/s1. The van der Waals surface area contributed by atoms with Crippen LogP contribution < -0.4 is 15.0 Å². The zero-order chi connectivity index (χ0) is 23.4. The van der Waals surface area contributed by atoms with E-state index in [1.807, 2.05) is 18.2 Å². The van der Waals surface area contributed by atoms with Gasteiger partial charge in [0.2, 0.25) is 5.91 Å². The lowest BCUT2D eigenvalue weighted by Gasteiger charge is -2.22. The fourth-order valence-electron chi connectivity index (χ4n) is 3.72. The van der Waals surface area contributed by atoms with Gasteiger partial charge in [0.25, 0.3) is 5.91 Å². The number of halogens is 1. The minimum Gasteiger partial charge on any atom is -0.497 e. The molecule has 0 spiro atoms. The lowest BCUT2D eigenvalue weighted by Crippen LogP contribution is -2.37. The van der Waals surface area contributed by atoms with Crippen LogP contribution in [0, 0.1) is 0 Å². The molecular weight excluding hydrogens is 442 g/mol. The number of methoxy groups -OCH3 is 1. The van der Waals surface area contributed by atoms with Crippen molar-refractivity contribution in [1.29, 1.82) is 0 Å². The molecule has 1 atom stereocenters. The van der Waals surface area contributed by atoms with Crippen molar-refractivity contribution in [2.75, 3.05) is 17.3 Å². The van der Waals surface area contributed by atoms with Gasteiger partial charge >= 0.3 is 6.03 Å². The van der Waals surface area contributed by atoms with Gasteiger partial charge in [-0.1, -0.05) is 41.9 Å². The molecule has 3 aromatic carbocycles. The molecule has 4 rings (SSSR count). The van der Waals surface area contributed by atoms with Crippen molar-refractivity contribution in [3.05, 3.63) is 89.4 Å². The second-order valence-corrected chi connectivity index (χ2v) is 7.98. The van der Waals surface area contributed by atoms with Crippen molar-refractivity contribution in [3.63, 3.8) is 0 Å². The fourth-order valence-corrected chi connectivity index (χ4v) is 3.84. The highest BCUT2D eigenvalue weighted by Crippen LogP contribution is 2.30. The van der Waals surface area contributed by atoms with Crippen LogP contribution in [0.3, 0.4) is 0 Å². The molecule has 7 nitrogen and oxygen atoms in total. The van der Waals surface area contributed by atoms with Crippen LogP contribution >= 0.6 is 11.6 Å². The minimum absolute atomic E-state index is 0.148. The molecule has 1 aliphatic heterocycles. The summed E-state index contributed by atoms with van der Waals surface area (Å²) in [5, 5.41) is 3.27. The van der Waals surface area contributed by atoms with Crippen LogP contribution in [0.4, 0.5) is 16.2 Å². The van der Waals surface area contributed by atoms with E-state index >= 15 is 0 Å². The number of ether oxygens (including phenoxy) is 1. The molecule has 1 fully saturated rings. The Morgan fingerprint density at radius 1 is 1.00 bits per heavy atom. The number of urea groups is 1. The first-order valence-corrected chi connectivity index (χ1v) is 10.7. The maximum absolute atomic E-state index is 13.3. The van der Waals surface area contributed by atoms with Crippen molar-refractivity contribution in [2.24, 2.45) is 0 Å². The van der Waals surface area contributed by atoms with Crippen molar-refractivity contribution in [2.45, 2.75) is 19.0 Å². The van der Waals surface area contributed by atoms with Crippen molar-refractivity contribution >= 4 is 40.8 Å². The molecule has 0 unspecified atom stereocenters. The number of anilines is 2. The Labute approximate surface area is 196 Å². The monoisotopic (exact) mass is 463 g/mol. The van der Waals surface area contributed by atoms with Gasteiger partial charge in [-0.3, -0.25) is 9.59 Å². The van der Waals surface area contributed by atoms with Gasteiger partial charge in [-0.05, 0) is 54.1 Å². The van der Waals surface area contributed by atoms with Gasteiger partial charge in [-0.2, -0.15) is 0 Å². The van der Waals surface area contributed by atoms with Gasteiger partial charge in [-0.25, -0.2) is 9.69 Å². The van der Waals surface area contributed by atoms with E-state index in [0.717, 1.165) is 10.5 Å². The number of carbonyl (C=O) groups is 3. The Hall–Kier alpha value is -3.84. The van der Waals surface area contributed by atoms with Gasteiger partial charge in [-0.15, -0.1) is 0 Å².